The molecule has 0 saturated carbocycles. The average Bonchev–Trinajstić information content (AvgIpc) is 3.02. The number of nitrogens with one attached hydrogen (secondary N) is 3. The molecule has 4 atom stereocenters. The summed E-state index contributed by atoms with van der Waals surface area (Å²) in [5.74, 6) is -2.02. The van der Waals surface area contributed by atoms with Crippen LogP contribution in [0.2, 0.25) is 0 Å². The van der Waals surface area contributed by atoms with Gasteiger partial charge in [0, 0.05) is 0 Å². The molecule has 0 aromatic rings. The summed E-state index contributed by atoms with van der Waals surface area (Å²) < 4.78 is 0. The molecular formula is C16H29N3O4. The standard InChI is InChI=1S/C16H29N3O4/c1-5-10(4)13(19-14(20)11-7-6-8-17-11)15(21)18-12(9(2)3)16(22)23/h9-13,17H,5-8H2,1-4H3,(H,18,21)(H,19,20)(H,22,23)/t10-,11-,12-,13-/m0/s1. The molecule has 1 aliphatic heterocycles. The summed E-state index contributed by atoms with van der Waals surface area (Å²) in [5.41, 5.74) is 0. The summed E-state index contributed by atoms with van der Waals surface area (Å²) in [6, 6.07) is -1.96. The highest BCUT2D eigenvalue weighted by atomic mass is 16.4. The van der Waals surface area contributed by atoms with Gasteiger partial charge in [-0.05, 0) is 31.2 Å². The maximum atomic E-state index is 12.5. The van der Waals surface area contributed by atoms with Gasteiger partial charge in [-0.1, -0.05) is 34.1 Å². The smallest absolute Gasteiger partial charge is 0.326 e. The Hall–Kier alpha value is -1.63. The van der Waals surface area contributed by atoms with Gasteiger partial charge in [0.15, 0.2) is 0 Å². The van der Waals surface area contributed by atoms with Crippen molar-refractivity contribution in [3.05, 3.63) is 0 Å². The summed E-state index contributed by atoms with van der Waals surface area (Å²) in [7, 11) is 0. The van der Waals surface area contributed by atoms with Gasteiger partial charge >= 0.3 is 5.97 Å². The lowest BCUT2D eigenvalue weighted by Crippen LogP contribution is -2.57. The van der Waals surface area contributed by atoms with Crippen LogP contribution in [-0.4, -0.2) is 47.6 Å². The van der Waals surface area contributed by atoms with Crippen LogP contribution in [0, 0.1) is 11.8 Å². The molecule has 7 heteroatoms. The van der Waals surface area contributed by atoms with Gasteiger partial charge in [-0.25, -0.2) is 4.79 Å². The van der Waals surface area contributed by atoms with E-state index in [1.165, 1.54) is 0 Å². The van der Waals surface area contributed by atoms with Crippen molar-refractivity contribution < 1.29 is 19.5 Å². The molecular weight excluding hydrogens is 298 g/mol. The number of aliphatic carboxylic acids is 1. The van der Waals surface area contributed by atoms with E-state index in [9.17, 15) is 19.5 Å². The van der Waals surface area contributed by atoms with E-state index < -0.39 is 24.0 Å². The molecule has 4 N–H and O–H groups in total. The monoisotopic (exact) mass is 327 g/mol. The molecule has 132 valence electrons. The van der Waals surface area contributed by atoms with Crippen LogP contribution < -0.4 is 16.0 Å². The van der Waals surface area contributed by atoms with Crippen LogP contribution in [0.25, 0.3) is 0 Å². The maximum Gasteiger partial charge on any atom is 0.326 e. The molecule has 1 fully saturated rings. The van der Waals surface area contributed by atoms with E-state index >= 15 is 0 Å². The first-order chi connectivity index (χ1) is 10.8. The number of hydrogen-bond acceptors (Lipinski definition) is 4. The second kappa shape index (κ2) is 8.86. The third kappa shape index (κ3) is 5.49. The number of carboxylic acid groups (broad SMARTS) is 1. The van der Waals surface area contributed by atoms with E-state index in [1.54, 1.807) is 13.8 Å². The molecule has 1 rings (SSSR count). The average molecular weight is 327 g/mol. The fraction of sp³-hybridized carbons (Fsp3) is 0.812. The molecule has 23 heavy (non-hydrogen) atoms. The van der Waals surface area contributed by atoms with E-state index in [-0.39, 0.29) is 23.8 Å². The van der Waals surface area contributed by atoms with Gasteiger partial charge in [0.1, 0.15) is 12.1 Å². The van der Waals surface area contributed by atoms with Gasteiger partial charge in [0.2, 0.25) is 11.8 Å². The Balaban J connectivity index is 2.77. The zero-order chi connectivity index (χ0) is 17.6. The first-order valence-electron chi connectivity index (χ1n) is 8.34. The highest BCUT2D eigenvalue weighted by molar-refractivity contribution is 5.92. The SMILES string of the molecule is CC[C@H](C)[C@H](NC(=O)[C@@H]1CCCN1)C(=O)N[C@H](C(=O)O)C(C)C. The third-order valence-corrected chi connectivity index (χ3v) is 4.40. The van der Waals surface area contributed by atoms with Crippen LogP contribution >= 0.6 is 0 Å². The van der Waals surface area contributed by atoms with Crippen LogP contribution in [0.1, 0.15) is 47.0 Å². The predicted octanol–water partition coefficient (Wildman–Crippen LogP) is 0.495. The molecule has 2 amide bonds. The highest BCUT2D eigenvalue weighted by Gasteiger charge is 2.33. The molecule has 0 aliphatic carbocycles. The topological polar surface area (TPSA) is 108 Å². The molecule has 0 aromatic heterocycles. The number of carbonyl (C=O) groups excluding carboxylic acids is 2. The van der Waals surface area contributed by atoms with Crippen molar-refractivity contribution in [2.75, 3.05) is 6.54 Å². The Labute approximate surface area is 137 Å². The predicted molar refractivity (Wildman–Crippen MR) is 86.8 cm³/mol. The van der Waals surface area contributed by atoms with Crippen LogP contribution in [-0.2, 0) is 14.4 Å². The minimum atomic E-state index is -1.07. The largest absolute Gasteiger partial charge is 0.480 e. The number of carboxylic acids is 1. The van der Waals surface area contributed by atoms with Gasteiger partial charge in [-0.2, -0.15) is 0 Å². The Morgan fingerprint density at radius 1 is 1.17 bits per heavy atom. The summed E-state index contributed by atoms with van der Waals surface area (Å²) in [6.07, 6.45) is 2.40. The van der Waals surface area contributed by atoms with E-state index in [0.717, 1.165) is 19.4 Å². The summed E-state index contributed by atoms with van der Waals surface area (Å²) in [5, 5.41) is 17.6. The number of hydrogen-bond donors (Lipinski definition) is 4. The minimum Gasteiger partial charge on any atom is -0.480 e. The van der Waals surface area contributed by atoms with E-state index in [2.05, 4.69) is 16.0 Å². The van der Waals surface area contributed by atoms with Gasteiger partial charge in [0.25, 0.3) is 0 Å². The maximum absolute atomic E-state index is 12.5. The fourth-order valence-electron chi connectivity index (χ4n) is 2.62. The van der Waals surface area contributed by atoms with Gasteiger partial charge in [0.05, 0.1) is 6.04 Å². The first-order valence-corrected chi connectivity index (χ1v) is 8.34. The van der Waals surface area contributed by atoms with Crippen LogP contribution in [0.3, 0.4) is 0 Å². The molecule has 1 heterocycles. The Kier molecular flexibility index (Phi) is 7.48. The molecule has 0 spiro atoms. The van der Waals surface area contributed by atoms with Crippen molar-refractivity contribution in [1.29, 1.82) is 0 Å². The summed E-state index contributed by atoms with van der Waals surface area (Å²) in [6.45, 7) is 8.07. The number of amides is 2. The van der Waals surface area contributed by atoms with Crippen molar-refractivity contribution in [2.45, 2.75) is 65.1 Å². The van der Waals surface area contributed by atoms with Crippen LogP contribution in [0.4, 0.5) is 0 Å². The quantitative estimate of drug-likeness (QED) is 0.519. The molecule has 1 aliphatic rings. The van der Waals surface area contributed by atoms with Gasteiger partial charge < -0.3 is 21.1 Å². The first kappa shape index (κ1) is 19.4. The fourth-order valence-corrected chi connectivity index (χ4v) is 2.62. The zero-order valence-electron chi connectivity index (χ0n) is 14.4. The molecule has 0 unspecified atom stereocenters. The van der Waals surface area contributed by atoms with Gasteiger partial charge in [-0.15, -0.1) is 0 Å². The van der Waals surface area contributed by atoms with Crippen LogP contribution in [0.15, 0.2) is 0 Å². The third-order valence-electron chi connectivity index (χ3n) is 4.40. The van der Waals surface area contributed by atoms with Crippen molar-refractivity contribution in [1.82, 2.24) is 16.0 Å². The molecule has 0 aromatic carbocycles. The molecule has 0 radical (unpaired) electrons. The molecule has 1 saturated heterocycles. The van der Waals surface area contributed by atoms with Crippen molar-refractivity contribution in [2.24, 2.45) is 11.8 Å². The second-order valence-electron chi connectivity index (χ2n) is 6.59. The summed E-state index contributed by atoms with van der Waals surface area (Å²) >= 11 is 0. The Morgan fingerprint density at radius 3 is 2.26 bits per heavy atom. The lowest BCUT2D eigenvalue weighted by atomic mass is 9.96. The van der Waals surface area contributed by atoms with Gasteiger partial charge in [-0.3, -0.25) is 9.59 Å². The normalized spacial score (nSPS) is 21.5. The lowest BCUT2D eigenvalue weighted by molar-refractivity contribution is -0.143. The minimum absolute atomic E-state index is 0.0815. The van der Waals surface area contributed by atoms with Crippen molar-refractivity contribution >= 4 is 17.8 Å². The number of carbonyl (C=O) groups is 3. The van der Waals surface area contributed by atoms with Crippen molar-refractivity contribution in [3.63, 3.8) is 0 Å². The van der Waals surface area contributed by atoms with E-state index in [1.807, 2.05) is 13.8 Å². The summed E-state index contributed by atoms with van der Waals surface area (Å²) in [4.78, 5) is 36.0. The Morgan fingerprint density at radius 2 is 1.83 bits per heavy atom. The highest BCUT2D eigenvalue weighted by Crippen LogP contribution is 2.12. The second-order valence-corrected chi connectivity index (χ2v) is 6.59. The molecule has 7 nitrogen and oxygen atoms in total. The van der Waals surface area contributed by atoms with E-state index in [0.29, 0.717) is 6.42 Å². The Bertz CT molecular complexity index is 433. The van der Waals surface area contributed by atoms with Crippen LogP contribution in [0.5, 0.6) is 0 Å². The van der Waals surface area contributed by atoms with E-state index in [4.69, 9.17) is 0 Å². The lowest BCUT2D eigenvalue weighted by Gasteiger charge is -2.27. The number of rotatable bonds is 8. The zero-order valence-corrected chi connectivity index (χ0v) is 14.4. The molecule has 0 bridgehead atoms. The van der Waals surface area contributed by atoms with Crippen molar-refractivity contribution in [3.8, 4) is 0 Å².